The Morgan fingerprint density at radius 1 is 1.19 bits per heavy atom. The number of aliphatic hydroxyl groups is 1. The lowest BCUT2D eigenvalue weighted by Gasteiger charge is -2.56. The number of rotatable bonds is 4. The van der Waals surface area contributed by atoms with Crippen LogP contribution in [0.5, 0.6) is 0 Å². The average molecular weight is 518 g/mol. The molecule has 0 bridgehead atoms. The second kappa shape index (κ2) is 9.32. The molecule has 0 spiro atoms. The van der Waals surface area contributed by atoms with Crippen LogP contribution in [0.25, 0.3) is 0 Å². The normalized spacial score (nSPS) is 40.8. The van der Waals surface area contributed by atoms with Crippen molar-refractivity contribution in [2.24, 2.45) is 22.7 Å². The summed E-state index contributed by atoms with van der Waals surface area (Å²) in [7, 11) is 1.48. The second-order valence-corrected chi connectivity index (χ2v) is 11.3. The Bertz CT molecular complexity index is 1090. The Morgan fingerprint density at radius 2 is 1.89 bits per heavy atom. The fourth-order valence-corrected chi connectivity index (χ4v) is 7.39. The van der Waals surface area contributed by atoms with Gasteiger partial charge in [0.25, 0.3) is 0 Å². The van der Waals surface area contributed by atoms with Gasteiger partial charge in [-0.05, 0) is 30.8 Å². The summed E-state index contributed by atoms with van der Waals surface area (Å²) in [6.45, 7) is 7.02. The molecule has 37 heavy (non-hydrogen) atoms. The summed E-state index contributed by atoms with van der Waals surface area (Å²) in [6, 6.07) is 0. The highest BCUT2D eigenvalue weighted by atomic mass is 16.6. The molecule has 5 rings (SSSR count). The van der Waals surface area contributed by atoms with E-state index in [0.29, 0.717) is 56.7 Å². The van der Waals surface area contributed by atoms with E-state index in [2.05, 4.69) is 0 Å². The molecule has 5 aliphatic rings. The first kappa shape index (κ1) is 26.1. The van der Waals surface area contributed by atoms with Crippen molar-refractivity contribution in [3.05, 3.63) is 22.9 Å². The van der Waals surface area contributed by atoms with Crippen LogP contribution in [0.2, 0.25) is 0 Å². The van der Waals surface area contributed by atoms with Crippen molar-refractivity contribution in [1.82, 2.24) is 4.90 Å². The van der Waals surface area contributed by atoms with Crippen LogP contribution >= 0.6 is 0 Å². The lowest BCUT2D eigenvalue weighted by molar-refractivity contribution is -0.175. The first-order valence-corrected chi connectivity index (χ1v) is 13.0. The number of fused-ring (bicyclic) bond motifs is 4. The van der Waals surface area contributed by atoms with E-state index in [0.717, 1.165) is 0 Å². The number of Topliss-reactive ketones (excluding diaryl/α,β-unsaturated/α-hetero) is 2. The van der Waals surface area contributed by atoms with Crippen LogP contribution in [0, 0.1) is 22.7 Å². The van der Waals surface area contributed by atoms with Gasteiger partial charge in [0.1, 0.15) is 12.2 Å². The number of carbonyl (C=O) groups excluding carboxylic acids is 4. The number of carbonyl (C=O) groups is 4. The van der Waals surface area contributed by atoms with Crippen LogP contribution in [-0.4, -0.2) is 91.8 Å². The molecule has 0 aromatic rings. The SMILES string of the molecule is COCC1OC(=O)C(=CN2CCOCC2)C2C(=O)C(=O)C3=C(C(OC(C)=O)CC4(C)C(O)CCC34)C12C. The van der Waals surface area contributed by atoms with Gasteiger partial charge in [0.05, 0.1) is 37.4 Å². The number of allylic oxidation sites excluding steroid dienone is 1. The van der Waals surface area contributed by atoms with E-state index < -0.39 is 58.6 Å². The van der Waals surface area contributed by atoms with Crippen molar-refractivity contribution in [1.29, 1.82) is 0 Å². The molecule has 3 fully saturated rings. The number of aliphatic hydroxyl groups excluding tert-OH is 1. The van der Waals surface area contributed by atoms with Gasteiger partial charge in [0, 0.05) is 49.7 Å². The second-order valence-electron chi connectivity index (χ2n) is 11.3. The number of methoxy groups -OCH3 is 1. The summed E-state index contributed by atoms with van der Waals surface area (Å²) < 4.78 is 22.6. The predicted molar refractivity (Wildman–Crippen MR) is 128 cm³/mol. The Balaban J connectivity index is 1.73. The maximum Gasteiger partial charge on any atom is 0.336 e. The maximum absolute atomic E-state index is 14.0. The van der Waals surface area contributed by atoms with E-state index in [1.54, 1.807) is 6.20 Å². The standard InChI is InChI=1S/C27H35NO9/c1-14(29)36-17-11-26(2)16(5-6-18(26)30)20-22(17)27(3)19(13-34-4)37-25(33)15(21(27)24(32)23(20)31)12-28-7-9-35-10-8-28/h12,16-19,21,30H,5-11,13H2,1-4H3. The Morgan fingerprint density at radius 3 is 2.54 bits per heavy atom. The molecule has 10 nitrogen and oxygen atoms in total. The zero-order valence-corrected chi connectivity index (χ0v) is 21.8. The molecule has 0 amide bonds. The van der Waals surface area contributed by atoms with Crippen molar-refractivity contribution in [3.63, 3.8) is 0 Å². The van der Waals surface area contributed by atoms with E-state index in [1.807, 2.05) is 18.7 Å². The van der Waals surface area contributed by atoms with Gasteiger partial charge < -0.3 is 29.0 Å². The summed E-state index contributed by atoms with van der Waals surface area (Å²) >= 11 is 0. The summed E-state index contributed by atoms with van der Waals surface area (Å²) in [5, 5.41) is 10.9. The summed E-state index contributed by atoms with van der Waals surface area (Å²) in [6.07, 6.45) is 0.505. The van der Waals surface area contributed by atoms with Gasteiger partial charge >= 0.3 is 11.9 Å². The third-order valence-electron chi connectivity index (χ3n) is 9.24. The van der Waals surface area contributed by atoms with Gasteiger partial charge in [0.2, 0.25) is 11.6 Å². The van der Waals surface area contributed by atoms with Crippen LogP contribution in [0.15, 0.2) is 22.9 Å². The summed E-state index contributed by atoms with van der Waals surface area (Å²) in [4.78, 5) is 55.4. The van der Waals surface area contributed by atoms with Crippen molar-refractivity contribution >= 4 is 23.5 Å². The van der Waals surface area contributed by atoms with Gasteiger partial charge in [-0.1, -0.05) is 13.8 Å². The van der Waals surface area contributed by atoms with Crippen LogP contribution in [0.3, 0.4) is 0 Å². The molecule has 0 aromatic heterocycles. The van der Waals surface area contributed by atoms with E-state index in [1.165, 1.54) is 14.0 Å². The fourth-order valence-electron chi connectivity index (χ4n) is 7.39. The summed E-state index contributed by atoms with van der Waals surface area (Å²) in [5.41, 5.74) is -0.964. The minimum absolute atomic E-state index is 0.000818. The quantitative estimate of drug-likeness (QED) is 0.327. The van der Waals surface area contributed by atoms with Gasteiger partial charge in [-0.25, -0.2) is 4.79 Å². The largest absolute Gasteiger partial charge is 0.458 e. The monoisotopic (exact) mass is 517 g/mol. The summed E-state index contributed by atoms with van der Waals surface area (Å²) in [5.74, 6) is -4.02. The zero-order valence-electron chi connectivity index (χ0n) is 21.8. The van der Waals surface area contributed by atoms with Crippen molar-refractivity contribution < 1.29 is 43.2 Å². The van der Waals surface area contributed by atoms with E-state index >= 15 is 0 Å². The van der Waals surface area contributed by atoms with E-state index in [4.69, 9.17) is 18.9 Å². The minimum atomic E-state index is -1.18. The van der Waals surface area contributed by atoms with Crippen LogP contribution in [0.4, 0.5) is 0 Å². The molecule has 7 atom stereocenters. The molecule has 2 heterocycles. The molecular weight excluding hydrogens is 482 g/mol. The predicted octanol–water partition coefficient (Wildman–Crippen LogP) is 0.958. The van der Waals surface area contributed by atoms with Gasteiger partial charge in [-0.15, -0.1) is 0 Å². The Labute approximate surface area is 215 Å². The third kappa shape index (κ3) is 3.87. The maximum atomic E-state index is 14.0. The number of nitrogens with zero attached hydrogens (tertiary/aromatic N) is 1. The fraction of sp³-hybridized carbons (Fsp3) is 0.704. The number of morpholine rings is 1. The highest BCUT2D eigenvalue weighted by molar-refractivity contribution is 6.47. The van der Waals surface area contributed by atoms with Crippen molar-refractivity contribution in [2.75, 3.05) is 40.0 Å². The van der Waals surface area contributed by atoms with E-state index in [9.17, 15) is 24.3 Å². The number of hydrogen-bond donors (Lipinski definition) is 1. The molecule has 0 aromatic carbocycles. The smallest absolute Gasteiger partial charge is 0.336 e. The molecule has 3 aliphatic carbocycles. The minimum Gasteiger partial charge on any atom is -0.458 e. The average Bonchev–Trinajstić information content (AvgIpc) is 3.14. The zero-order chi connectivity index (χ0) is 26.7. The number of ketones is 2. The lowest BCUT2D eigenvalue weighted by Crippen LogP contribution is -2.63. The van der Waals surface area contributed by atoms with E-state index in [-0.39, 0.29) is 18.1 Å². The van der Waals surface area contributed by atoms with Crippen LogP contribution in [-0.2, 0) is 38.1 Å². The van der Waals surface area contributed by atoms with Crippen molar-refractivity contribution in [2.45, 2.75) is 58.3 Å². The highest BCUT2D eigenvalue weighted by Gasteiger charge is 2.67. The van der Waals surface area contributed by atoms with Gasteiger partial charge in [-0.2, -0.15) is 0 Å². The molecule has 1 saturated carbocycles. The van der Waals surface area contributed by atoms with Gasteiger partial charge in [-0.3, -0.25) is 14.4 Å². The number of esters is 2. The highest BCUT2D eigenvalue weighted by Crippen LogP contribution is 2.63. The molecule has 0 radical (unpaired) electrons. The Hall–Kier alpha value is -2.56. The van der Waals surface area contributed by atoms with Crippen LogP contribution < -0.4 is 0 Å². The molecule has 2 saturated heterocycles. The molecule has 202 valence electrons. The van der Waals surface area contributed by atoms with Crippen LogP contribution in [0.1, 0.15) is 40.0 Å². The number of hydrogen-bond acceptors (Lipinski definition) is 10. The first-order chi connectivity index (χ1) is 17.5. The molecular formula is C27H35NO9. The van der Waals surface area contributed by atoms with Crippen molar-refractivity contribution in [3.8, 4) is 0 Å². The van der Waals surface area contributed by atoms with Gasteiger partial charge in [0.15, 0.2) is 0 Å². The number of ether oxygens (including phenoxy) is 4. The molecule has 1 N–H and O–H groups in total. The Kier molecular flexibility index (Phi) is 6.57. The first-order valence-electron chi connectivity index (χ1n) is 13.0. The lowest BCUT2D eigenvalue weighted by atomic mass is 9.50. The number of cyclic esters (lactones) is 1. The molecule has 7 unspecified atom stereocenters. The third-order valence-corrected chi connectivity index (χ3v) is 9.24. The molecule has 10 heteroatoms. The topological polar surface area (TPSA) is 129 Å². The molecule has 2 aliphatic heterocycles.